The molecule has 0 saturated heterocycles. The number of aromatic nitrogens is 3. The van der Waals surface area contributed by atoms with Crippen LogP contribution in [0.3, 0.4) is 0 Å². The summed E-state index contributed by atoms with van der Waals surface area (Å²) in [6.07, 6.45) is 1.39. The fourth-order valence-corrected chi connectivity index (χ4v) is 2.91. The van der Waals surface area contributed by atoms with Crippen LogP contribution in [0.5, 0.6) is 0 Å². The molecule has 0 fully saturated rings. The Hall–Kier alpha value is -2.38. The highest BCUT2D eigenvalue weighted by Gasteiger charge is 2.13. The van der Waals surface area contributed by atoms with Gasteiger partial charge in [0, 0.05) is 24.0 Å². The van der Waals surface area contributed by atoms with E-state index in [1.54, 1.807) is 19.1 Å². The minimum absolute atomic E-state index is 0.0364. The van der Waals surface area contributed by atoms with E-state index < -0.39 is 5.91 Å². The molecule has 3 rings (SSSR count). The Morgan fingerprint density at radius 1 is 1.36 bits per heavy atom. The minimum Gasteiger partial charge on any atom is -0.364 e. The van der Waals surface area contributed by atoms with Crippen molar-refractivity contribution in [2.45, 2.75) is 6.92 Å². The molecule has 22 heavy (non-hydrogen) atoms. The number of aromatic amines is 2. The molecule has 6 nitrogen and oxygen atoms in total. The second kappa shape index (κ2) is 5.78. The molecule has 112 valence electrons. The zero-order chi connectivity index (χ0) is 15.7. The Bertz CT molecular complexity index is 896. The van der Waals surface area contributed by atoms with Gasteiger partial charge in [0.05, 0.1) is 14.9 Å². The summed E-state index contributed by atoms with van der Waals surface area (Å²) < 4.78 is 0.668. The number of thiophene rings is 1. The van der Waals surface area contributed by atoms with Crippen LogP contribution in [0.2, 0.25) is 4.34 Å². The SMILES string of the molecule is Cc1cc(=O)c(C(=O)Nc2cc(-c3ccc(Cl)s3)[nH]n2)c[nH]1. The standard InChI is InChI=1S/C14H11ClN4O2S/c1-7-4-10(20)8(6-16-7)14(21)17-13-5-9(18-19-13)11-2-3-12(15)22-11/h2-6H,1H3,(H,16,20)(H2,17,18,19,21). The molecule has 3 N–H and O–H groups in total. The van der Waals surface area contributed by atoms with Crippen molar-refractivity contribution in [3.05, 3.63) is 56.3 Å². The third-order valence-corrected chi connectivity index (χ3v) is 4.22. The highest BCUT2D eigenvalue weighted by atomic mass is 35.5. The van der Waals surface area contributed by atoms with E-state index in [-0.39, 0.29) is 11.0 Å². The van der Waals surface area contributed by atoms with Crippen molar-refractivity contribution in [2.24, 2.45) is 0 Å². The van der Waals surface area contributed by atoms with E-state index >= 15 is 0 Å². The van der Waals surface area contributed by atoms with E-state index in [2.05, 4.69) is 20.5 Å². The average Bonchev–Trinajstić information content (AvgIpc) is 3.07. The van der Waals surface area contributed by atoms with Gasteiger partial charge in [-0.1, -0.05) is 11.6 Å². The maximum absolute atomic E-state index is 12.1. The van der Waals surface area contributed by atoms with Crippen molar-refractivity contribution in [1.29, 1.82) is 0 Å². The topological polar surface area (TPSA) is 90.6 Å². The summed E-state index contributed by atoms with van der Waals surface area (Å²) in [5.74, 6) is -0.173. The Morgan fingerprint density at radius 3 is 2.86 bits per heavy atom. The molecule has 3 aromatic rings. The highest BCUT2D eigenvalue weighted by Crippen LogP contribution is 2.30. The van der Waals surface area contributed by atoms with E-state index in [0.717, 1.165) is 10.6 Å². The van der Waals surface area contributed by atoms with Crippen molar-refractivity contribution >= 4 is 34.7 Å². The number of H-pyrrole nitrogens is 2. The molecule has 0 unspecified atom stereocenters. The smallest absolute Gasteiger partial charge is 0.262 e. The summed E-state index contributed by atoms with van der Waals surface area (Å²) >= 11 is 7.29. The first-order valence-corrected chi connectivity index (χ1v) is 7.54. The van der Waals surface area contributed by atoms with Crippen LogP contribution in [-0.4, -0.2) is 21.1 Å². The number of carbonyl (C=O) groups is 1. The van der Waals surface area contributed by atoms with Gasteiger partial charge in [-0.05, 0) is 19.1 Å². The molecule has 0 aliphatic rings. The first kappa shape index (κ1) is 14.6. The number of halogens is 1. The van der Waals surface area contributed by atoms with E-state index in [4.69, 9.17) is 11.6 Å². The van der Waals surface area contributed by atoms with Crippen LogP contribution in [0.25, 0.3) is 10.6 Å². The lowest BCUT2D eigenvalue weighted by Crippen LogP contribution is -2.21. The number of anilines is 1. The van der Waals surface area contributed by atoms with E-state index in [1.165, 1.54) is 23.6 Å². The molecule has 3 aromatic heterocycles. The number of nitrogens with one attached hydrogen (secondary N) is 3. The molecular formula is C14H11ClN4O2S. The van der Waals surface area contributed by atoms with Crippen molar-refractivity contribution < 1.29 is 4.79 Å². The monoisotopic (exact) mass is 334 g/mol. The normalized spacial score (nSPS) is 10.6. The molecule has 0 bridgehead atoms. The van der Waals surface area contributed by atoms with Gasteiger partial charge in [0.2, 0.25) is 0 Å². The van der Waals surface area contributed by atoms with Gasteiger partial charge in [0.1, 0.15) is 5.56 Å². The molecule has 0 aliphatic carbocycles. The molecule has 8 heteroatoms. The number of nitrogens with zero attached hydrogens (tertiary/aromatic N) is 1. The number of rotatable bonds is 3. The number of carbonyl (C=O) groups excluding carboxylic acids is 1. The first-order chi connectivity index (χ1) is 10.5. The van der Waals surface area contributed by atoms with E-state index in [1.807, 2.05) is 6.07 Å². The molecule has 1 amide bonds. The Balaban J connectivity index is 1.80. The molecule has 0 saturated carbocycles. The van der Waals surface area contributed by atoms with Crippen molar-refractivity contribution in [3.63, 3.8) is 0 Å². The summed E-state index contributed by atoms with van der Waals surface area (Å²) in [7, 11) is 0. The summed E-state index contributed by atoms with van der Waals surface area (Å²) in [6, 6.07) is 6.70. The van der Waals surface area contributed by atoms with Gasteiger partial charge in [-0.2, -0.15) is 5.10 Å². The Labute approximate surface area is 134 Å². The zero-order valence-corrected chi connectivity index (χ0v) is 13.0. The molecule has 0 aromatic carbocycles. The molecule has 0 aliphatic heterocycles. The van der Waals surface area contributed by atoms with Gasteiger partial charge < -0.3 is 10.3 Å². The number of hydrogen-bond donors (Lipinski definition) is 3. The van der Waals surface area contributed by atoms with Gasteiger partial charge >= 0.3 is 0 Å². The van der Waals surface area contributed by atoms with Gasteiger partial charge in [0.25, 0.3) is 5.91 Å². The number of hydrogen-bond acceptors (Lipinski definition) is 4. The Morgan fingerprint density at radius 2 is 2.18 bits per heavy atom. The van der Waals surface area contributed by atoms with Crippen LogP contribution in [0.1, 0.15) is 16.1 Å². The third kappa shape index (κ3) is 2.95. The number of amides is 1. The van der Waals surface area contributed by atoms with Crippen molar-refractivity contribution in [1.82, 2.24) is 15.2 Å². The lowest BCUT2D eigenvalue weighted by Gasteiger charge is -2.01. The van der Waals surface area contributed by atoms with Crippen LogP contribution < -0.4 is 10.7 Å². The molecule has 0 atom stereocenters. The molecule has 3 heterocycles. The summed E-state index contributed by atoms with van der Waals surface area (Å²) in [6.45, 7) is 1.75. The fraction of sp³-hybridized carbons (Fsp3) is 0.0714. The predicted octanol–water partition coefficient (Wildman–Crippen LogP) is 3.04. The maximum atomic E-state index is 12.1. The van der Waals surface area contributed by atoms with Crippen LogP contribution in [-0.2, 0) is 0 Å². The lowest BCUT2D eigenvalue weighted by molar-refractivity contribution is 0.102. The second-order valence-electron chi connectivity index (χ2n) is 4.62. The lowest BCUT2D eigenvalue weighted by atomic mass is 10.2. The fourth-order valence-electron chi connectivity index (χ4n) is 1.91. The molecular weight excluding hydrogens is 324 g/mol. The summed E-state index contributed by atoms with van der Waals surface area (Å²) in [4.78, 5) is 27.6. The molecule has 0 radical (unpaired) electrons. The first-order valence-electron chi connectivity index (χ1n) is 6.35. The van der Waals surface area contributed by atoms with Crippen LogP contribution >= 0.6 is 22.9 Å². The highest BCUT2D eigenvalue weighted by molar-refractivity contribution is 7.19. The maximum Gasteiger partial charge on any atom is 0.262 e. The largest absolute Gasteiger partial charge is 0.364 e. The van der Waals surface area contributed by atoms with Gasteiger partial charge in [0.15, 0.2) is 11.2 Å². The predicted molar refractivity (Wildman–Crippen MR) is 86.7 cm³/mol. The van der Waals surface area contributed by atoms with Crippen LogP contribution in [0.15, 0.2) is 35.3 Å². The number of pyridine rings is 1. The second-order valence-corrected chi connectivity index (χ2v) is 6.33. The summed E-state index contributed by atoms with van der Waals surface area (Å²) in [5, 5.41) is 9.41. The van der Waals surface area contributed by atoms with E-state index in [0.29, 0.717) is 15.8 Å². The zero-order valence-electron chi connectivity index (χ0n) is 11.4. The van der Waals surface area contributed by atoms with Gasteiger partial charge in [-0.3, -0.25) is 14.7 Å². The van der Waals surface area contributed by atoms with Crippen LogP contribution in [0, 0.1) is 6.92 Å². The third-order valence-electron chi connectivity index (χ3n) is 2.96. The minimum atomic E-state index is -0.511. The summed E-state index contributed by atoms with van der Waals surface area (Å²) in [5.41, 5.74) is 1.13. The molecule has 0 spiro atoms. The van der Waals surface area contributed by atoms with Gasteiger partial charge in [-0.15, -0.1) is 11.3 Å². The van der Waals surface area contributed by atoms with Crippen LogP contribution in [0.4, 0.5) is 5.82 Å². The van der Waals surface area contributed by atoms with E-state index in [9.17, 15) is 9.59 Å². The Kier molecular flexibility index (Phi) is 3.82. The van der Waals surface area contributed by atoms with Crippen molar-refractivity contribution in [2.75, 3.05) is 5.32 Å². The van der Waals surface area contributed by atoms with Crippen molar-refractivity contribution in [3.8, 4) is 10.6 Å². The number of aryl methyl sites for hydroxylation is 1. The van der Waals surface area contributed by atoms with Gasteiger partial charge in [-0.25, -0.2) is 0 Å². The average molecular weight is 335 g/mol. The quantitative estimate of drug-likeness (QED) is 0.687.